The Hall–Kier alpha value is -2.32. The van der Waals surface area contributed by atoms with Crippen LogP contribution in [0.3, 0.4) is 0 Å². The van der Waals surface area contributed by atoms with E-state index in [0.29, 0.717) is 0 Å². The average Bonchev–Trinajstić information content (AvgIpc) is 3.01. The van der Waals surface area contributed by atoms with Crippen LogP contribution in [0.1, 0.15) is 23.0 Å². The van der Waals surface area contributed by atoms with Crippen LogP contribution in [-0.4, -0.2) is 5.11 Å². The average molecular weight is 248 g/mol. The van der Waals surface area contributed by atoms with Crippen molar-refractivity contribution in [3.63, 3.8) is 0 Å². The number of hydrogen-bond donors (Lipinski definition) is 1. The Bertz CT molecular complexity index is 796. The van der Waals surface area contributed by atoms with Crippen molar-refractivity contribution in [2.45, 2.75) is 6.10 Å². The Morgan fingerprint density at radius 1 is 0.947 bits per heavy atom. The van der Waals surface area contributed by atoms with E-state index in [1.807, 2.05) is 54.6 Å². The molecule has 0 spiro atoms. The molecule has 4 rings (SSSR count). The first-order chi connectivity index (χ1) is 9.34. The van der Waals surface area contributed by atoms with Crippen LogP contribution in [0.2, 0.25) is 0 Å². The quantitative estimate of drug-likeness (QED) is 0.708. The van der Waals surface area contributed by atoms with E-state index < -0.39 is 6.10 Å². The fourth-order valence-electron chi connectivity index (χ4n) is 2.74. The SMILES string of the molecule is OC1C=C(c2occ3ccccc23)c2ccccc21. The molecule has 3 aromatic rings. The molecule has 0 radical (unpaired) electrons. The third kappa shape index (κ3) is 1.47. The van der Waals surface area contributed by atoms with Crippen molar-refractivity contribution in [2.75, 3.05) is 0 Å². The molecule has 0 aliphatic heterocycles. The Morgan fingerprint density at radius 2 is 1.74 bits per heavy atom. The molecule has 1 aliphatic carbocycles. The Labute approximate surface area is 110 Å². The van der Waals surface area contributed by atoms with Gasteiger partial charge in [0.15, 0.2) is 0 Å². The van der Waals surface area contributed by atoms with E-state index in [9.17, 15) is 5.11 Å². The third-order valence-electron chi connectivity index (χ3n) is 3.65. The fourth-order valence-corrected chi connectivity index (χ4v) is 2.74. The first-order valence-corrected chi connectivity index (χ1v) is 6.30. The van der Waals surface area contributed by atoms with Crippen LogP contribution in [0.5, 0.6) is 0 Å². The van der Waals surface area contributed by atoms with E-state index in [2.05, 4.69) is 0 Å². The predicted molar refractivity (Wildman–Crippen MR) is 74.7 cm³/mol. The van der Waals surface area contributed by atoms with Gasteiger partial charge in [0.05, 0.1) is 12.4 Å². The monoisotopic (exact) mass is 248 g/mol. The van der Waals surface area contributed by atoms with Crippen LogP contribution in [-0.2, 0) is 0 Å². The second kappa shape index (κ2) is 3.84. The summed E-state index contributed by atoms with van der Waals surface area (Å²) in [5.74, 6) is 0.833. The van der Waals surface area contributed by atoms with Crippen LogP contribution in [0, 0.1) is 0 Å². The van der Waals surface area contributed by atoms with Crippen LogP contribution in [0.4, 0.5) is 0 Å². The number of benzene rings is 2. The van der Waals surface area contributed by atoms with Crippen molar-refractivity contribution in [3.8, 4) is 0 Å². The van der Waals surface area contributed by atoms with Crippen molar-refractivity contribution in [1.82, 2.24) is 0 Å². The summed E-state index contributed by atoms with van der Waals surface area (Å²) in [6.45, 7) is 0. The molecule has 1 aromatic heterocycles. The summed E-state index contributed by atoms with van der Waals surface area (Å²) < 4.78 is 5.72. The summed E-state index contributed by atoms with van der Waals surface area (Å²) in [6.07, 6.45) is 3.07. The van der Waals surface area contributed by atoms with Crippen molar-refractivity contribution in [2.24, 2.45) is 0 Å². The summed E-state index contributed by atoms with van der Waals surface area (Å²) in [4.78, 5) is 0. The minimum atomic E-state index is -0.546. The molecule has 0 saturated carbocycles. The topological polar surface area (TPSA) is 33.4 Å². The van der Waals surface area contributed by atoms with Gasteiger partial charge in [0.2, 0.25) is 0 Å². The lowest BCUT2D eigenvalue weighted by Gasteiger charge is -2.04. The highest BCUT2D eigenvalue weighted by molar-refractivity contribution is 5.97. The van der Waals surface area contributed by atoms with Gasteiger partial charge in [-0.3, -0.25) is 0 Å². The number of hydrogen-bond acceptors (Lipinski definition) is 2. The zero-order chi connectivity index (χ0) is 12.8. The molecule has 2 heteroatoms. The number of aliphatic hydroxyl groups excluding tert-OH is 1. The summed E-state index contributed by atoms with van der Waals surface area (Å²) in [7, 11) is 0. The molecule has 0 amide bonds. The fraction of sp³-hybridized carbons (Fsp3) is 0.0588. The lowest BCUT2D eigenvalue weighted by Crippen LogP contribution is -1.89. The maximum atomic E-state index is 10.1. The molecule has 0 bridgehead atoms. The molecule has 2 nitrogen and oxygen atoms in total. The summed E-state index contributed by atoms with van der Waals surface area (Å²) in [6, 6.07) is 16.0. The highest BCUT2D eigenvalue weighted by atomic mass is 16.3. The molecular weight excluding hydrogens is 236 g/mol. The van der Waals surface area contributed by atoms with E-state index in [4.69, 9.17) is 4.42 Å². The van der Waals surface area contributed by atoms with Crippen LogP contribution >= 0.6 is 0 Å². The molecule has 1 unspecified atom stereocenters. The Morgan fingerprint density at radius 3 is 2.68 bits per heavy atom. The van der Waals surface area contributed by atoms with Crippen LogP contribution in [0.25, 0.3) is 16.3 Å². The highest BCUT2D eigenvalue weighted by Crippen LogP contribution is 2.40. The number of aliphatic hydroxyl groups is 1. The predicted octanol–water partition coefficient (Wildman–Crippen LogP) is 3.91. The maximum Gasteiger partial charge on any atom is 0.142 e. The lowest BCUT2D eigenvalue weighted by atomic mass is 10.0. The van der Waals surface area contributed by atoms with Gasteiger partial charge in [-0.15, -0.1) is 0 Å². The second-order valence-corrected chi connectivity index (χ2v) is 4.76. The lowest BCUT2D eigenvalue weighted by molar-refractivity contribution is 0.232. The molecule has 1 N–H and O–H groups in total. The zero-order valence-corrected chi connectivity index (χ0v) is 10.2. The first kappa shape index (κ1) is 10.6. The van der Waals surface area contributed by atoms with E-state index in [-0.39, 0.29) is 0 Å². The van der Waals surface area contributed by atoms with Gasteiger partial charge in [-0.25, -0.2) is 0 Å². The van der Waals surface area contributed by atoms with Gasteiger partial charge in [0.1, 0.15) is 5.76 Å². The van der Waals surface area contributed by atoms with E-state index in [1.165, 1.54) is 0 Å². The number of furan rings is 1. The molecule has 0 saturated heterocycles. The third-order valence-corrected chi connectivity index (χ3v) is 3.65. The molecule has 1 atom stereocenters. The second-order valence-electron chi connectivity index (χ2n) is 4.76. The molecule has 92 valence electrons. The van der Waals surface area contributed by atoms with Crippen molar-refractivity contribution in [1.29, 1.82) is 0 Å². The summed E-state index contributed by atoms with van der Waals surface area (Å²) in [5.41, 5.74) is 2.97. The molecule has 1 aliphatic rings. The maximum absolute atomic E-state index is 10.1. The smallest absolute Gasteiger partial charge is 0.142 e. The normalized spacial score (nSPS) is 17.5. The number of fused-ring (bicyclic) bond motifs is 2. The van der Waals surface area contributed by atoms with E-state index >= 15 is 0 Å². The summed E-state index contributed by atoms with van der Waals surface area (Å²) in [5, 5.41) is 12.3. The molecule has 2 aromatic carbocycles. The minimum absolute atomic E-state index is 0.546. The van der Waals surface area contributed by atoms with Gasteiger partial charge in [0, 0.05) is 16.3 Å². The largest absolute Gasteiger partial charge is 0.463 e. The Kier molecular flexibility index (Phi) is 2.14. The Balaban J connectivity index is 1.97. The highest BCUT2D eigenvalue weighted by Gasteiger charge is 2.24. The molecule has 19 heavy (non-hydrogen) atoms. The van der Waals surface area contributed by atoms with Crippen molar-refractivity contribution in [3.05, 3.63) is 77.8 Å². The van der Waals surface area contributed by atoms with Crippen LogP contribution < -0.4 is 0 Å². The van der Waals surface area contributed by atoms with Gasteiger partial charge in [0.25, 0.3) is 0 Å². The molecule has 0 fully saturated rings. The molecular formula is C17H12O2. The van der Waals surface area contributed by atoms with Gasteiger partial charge >= 0.3 is 0 Å². The van der Waals surface area contributed by atoms with Gasteiger partial charge in [-0.05, 0) is 17.2 Å². The first-order valence-electron chi connectivity index (χ1n) is 6.30. The van der Waals surface area contributed by atoms with Gasteiger partial charge in [-0.2, -0.15) is 0 Å². The zero-order valence-electron chi connectivity index (χ0n) is 10.2. The van der Waals surface area contributed by atoms with Crippen LogP contribution in [0.15, 0.2) is 65.3 Å². The summed E-state index contributed by atoms with van der Waals surface area (Å²) >= 11 is 0. The number of rotatable bonds is 1. The van der Waals surface area contributed by atoms with Crippen molar-refractivity contribution < 1.29 is 9.52 Å². The van der Waals surface area contributed by atoms with Gasteiger partial charge < -0.3 is 9.52 Å². The van der Waals surface area contributed by atoms with Crippen molar-refractivity contribution >= 4 is 16.3 Å². The molecule has 1 heterocycles. The standard InChI is InChI=1S/C17H12O2/c18-16-9-15(13-7-3-4-8-14(13)16)17-12-6-2-1-5-11(12)10-19-17/h1-10,16,18H. The minimum Gasteiger partial charge on any atom is -0.463 e. The van der Waals surface area contributed by atoms with Gasteiger partial charge in [-0.1, -0.05) is 48.5 Å². The van der Waals surface area contributed by atoms with E-state index in [1.54, 1.807) is 6.26 Å². The van der Waals surface area contributed by atoms with E-state index in [0.717, 1.165) is 33.2 Å².